The summed E-state index contributed by atoms with van der Waals surface area (Å²) in [5.41, 5.74) is 9.90. The van der Waals surface area contributed by atoms with Gasteiger partial charge in [0.2, 0.25) is 0 Å². The van der Waals surface area contributed by atoms with E-state index in [1.54, 1.807) is 24.3 Å². The fourth-order valence-electron chi connectivity index (χ4n) is 1.31. The summed E-state index contributed by atoms with van der Waals surface area (Å²) < 4.78 is 0. The second-order valence-electron chi connectivity index (χ2n) is 4.75. The summed E-state index contributed by atoms with van der Waals surface area (Å²) in [7, 11) is 0. The van der Waals surface area contributed by atoms with E-state index in [1.807, 2.05) is 6.07 Å². The van der Waals surface area contributed by atoms with Crippen molar-refractivity contribution in [3.63, 3.8) is 0 Å². The maximum atomic E-state index is 10.7. The zero-order valence-corrected chi connectivity index (χ0v) is 12.1. The van der Waals surface area contributed by atoms with Crippen LogP contribution in [0.15, 0.2) is 30.3 Å². The van der Waals surface area contributed by atoms with E-state index in [4.69, 9.17) is 26.8 Å². The van der Waals surface area contributed by atoms with Crippen LogP contribution in [0.1, 0.15) is 25.3 Å². The molecule has 8 heteroatoms. The molecule has 0 heterocycles. The summed E-state index contributed by atoms with van der Waals surface area (Å²) in [4.78, 5) is 30.6. The number of carboxylic acid groups (broad SMARTS) is 3. The molecule has 8 nitrogen and oxygen atoms in total. The first-order chi connectivity index (χ1) is 10.1. The number of hydrogen-bond acceptors (Lipinski definition) is 5. The van der Waals surface area contributed by atoms with E-state index in [0.717, 1.165) is 0 Å². The maximum absolute atomic E-state index is 10.7. The molecule has 0 amide bonds. The van der Waals surface area contributed by atoms with Crippen LogP contribution in [-0.2, 0) is 19.9 Å². The predicted octanol–water partition coefficient (Wildman–Crippen LogP) is 0.208. The highest BCUT2D eigenvalue weighted by atomic mass is 16.4. The second-order valence-corrected chi connectivity index (χ2v) is 4.75. The number of rotatable bonds is 6. The second kappa shape index (κ2) is 8.75. The minimum absolute atomic E-state index is 0.0231. The van der Waals surface area contributed by atoms with Gasteiger partial charge >= 0.3 is 17.9 Å². The SMILES string of the molecule is CC(N)(C(=O)O)c1ccccc1.NC(CCC(=O)O)C(=O)O. The smallest absolute Gasteiger partial charge is 0.328 e. The lowest BCUT2D eigenvalue weighted by molar-refractivity contribution is -0.143. The number of benzene rings is 1. The van der Waals surface area contributed by atoms with Gasteiger partial charge in [0.15, 0.2) is 0 Å². The van der Waals surface area contributed by atoms with Crippen molar-refractivity contribution in [3.8, 4) is 0 Å². The average molecular weight is 312 g/mol. The van der Waals surface area contributed by atoms with Gasteiger partial charge in [-0.2, -0.15) is 0 Å². The number of carboxylic acids is 3. The molecule has 0 radical (unpaired) electrons. The monoisotopic (exact) mass is 312 g/mol. The van der Waals surface area contributed by atoms with Crippen molar-refractivity contribution in [1.29, 1.82) is 0 Å². The molecule has 122 valence electrons. The molecule has 0 bridgehead atoms. The van der Waals surface area contributed by atoms with E-state index in [-0.39, 0.29) is 12.8 Å². The van der Waals surface area contributed by atoms with Crippen molar-refractivity contribution in [3.05, 3.63) is 35.9 Å². The van der Waals surface area contributed by atoms with E-state index in [2.05, 4.69) is 0 Å². The highest BCUT2D eigenvalue weighted by Crippen LogP contribution is 2.16. The van der Waals surface area contributed by atoms with Crippen LogP contribution < -0.4 is 11.5 Å². The Morgan fingerprint density at radius 2 is 1.64 bits per heavy atom. The largest absolute Gasteiger partial charge is 0.481 e. The molecule has 1 rings (SSSR count). The normalized spacial score (nSPS) is 14.0. The van der Waals surface area contributed by atoms with Crippen LogP contribution in [0.25, 0.3) is 0 Å². The Morgan fingerprint density at radius 1 is 1.14 bits per heavy atom. The minimum Gasteiger partial charge on any atom is -0.481 e. The Bertz CT molecular complexity index is 515. The molecule has 2 unspecified atom stereocenters. The molecule has 0 aromatic heterocycles. The quantitative estimate of drug-likeness (QED) is 0.497. The first kappa shape index (κ1) is 19.6. The molecule has 0 aliphatic rings. The van der Waals surface area contributed by atoms with Crippen molar-refractivity contribution in [2.75, 3.05) is 0 Å². The van der Waals surface area contributed by atoms with Gasteiger partial charge in [-0.1, -0.05) is 30.3 Å². The average Bonchev–Trinajstić information content (AvgIpc) is 2.46. The standard InChI is InChI=1S/C9H11NO2.C5H9NO4/c1-9(10,8(11)12)7-5-3-2-4-6-7;6-3(5(9)10)1-2-4(7)8/h2-6H,10H2,1H3,(H,11,12);3H,1-2,6H2,(H,7,8)(H,9,10). The van der Waals surface area contributed by atoms with Gasteiger partial charge < -0.3 is 26.8 Å². The lowest BCUT2D eigenvalue weighted by Crippen LogP contribution is -2.41. The van der Waals surface area contributed by atoms with Crippen molar-refractivity contribution in [2.24, 2.45) is 11.5 Å². The molecule has 0 aliphatic carbocycles. The fraction of sp³-hybridized carbons (Fsp3) is 0.357. The molecule has 1 aromatic rings. The van der Waals surface area contributed by atoms with Crippen molar-refractivity contribution >= 4 is 17.9 Å². The third-order valence-electron chi connectivity index (χ3n) is 2.80. The van der Waals surface area contributed by atoms with E-state index in [0.29, 0.717) is 5.56 Å². The van der Waals surface area contributed by atoms with Gasteiger partial charge in [-0.05, 0) is 18.9 Å². The van der Waals surface area contributed by atoms with Gasteiger partial charge in [0, 0.05) is 6.42 Å². The van der Waals surface area contributed by atoms with Gasteiger partial charge in [0.1, 0.15) is 11.6 Å². The Hall–Kier alpha value is -2.45. The molecule has 2 atom stereocenters. The zero-order valence-electron chi connectivity index (χ0n) is 12.1. The van der Waals surface area contributed by atoms with Crippen LogP contribution in [0.4, 0.5) is 0 Å². The number of carbonyl (C=O) groups is 3. The predicted molar refractivity (Wildman–Crippen MR) is 78.1 cm³/mol. The van der Waals surface area contributed by atoms with Gasteiger partial charge in [-0.15, -0.1) is 0 Å². The lowest BCUT2D eigenvalue weighted by Gasteiger charge is -2.18. The summed E-state index contributed by atoms with van der Waals surface area (Å²) in [6.45, 7) is 1.48. The lowest BCUT2D eigenvalue weighted by atomic mass is 9.94. The molecule has 0 fully saturated rings. The molecule has 7 N–H and O–H groups in total. The van der Waals surface area contributed by atoms with Crippen LogP contribution in [0.3, 0.4) is 0 Å². The third-order valence-corrected chi connectivity index (χ3v) is 2.80. The van der Waals surface area contributed by atoms with Crippen LogP contribution >= 0.6 is 0 Å². The number of nitrogens with two attached hydrogens (primary N) is 2. The highest BCUT2D eigenvalue weighted by molar-refractivity contribution is 5.79. The van der Waals surface area contributed by atoms with Crippen molar-refractivity contribution < 1.29 is 29.7 Å². The molecule has 0 aliphatic heterocycles. The van der Waals surface area contributed by atoms with E-state index < -0.39 is 29.5 Å². The van der Waals surface area contributed by atoms with E-state index >= 15 is 0 Å². The van der Waals surface area contributed by atoms with Gasteiger partial charge in [-0.3, -0.25) is 9.59 Å². The van der Waals surface area contributed by atoms with Crippen molar-refractivity contribution in [1.82, 2.24) is 0 Å². The summed E-state index contributed by atoms with van der Waals surface area (Å²) in [6.07, 6.45) is -0.224. The van der Waals surface area contributed by atoms with Gasteiger partial charge in [-0.25, -0.2) is 4.79 Å². The van der Waals surface area contributed by atoms with Crippen molar-refractivity contribution in [2.45, 2.75) is 31.3 Å². The van der Waals surface area contributed by atoms with E-state index in [1.165, 1.54) is 6.92 Å². The summed E-state index contributed by atoms with van der Waals surface area (Å²) in [6, 6.07) is 7.70. The van der Waals surface area contributed by atoms with Crippen LogP contribution in [-0.4, -0.2) is 39.3 Å². The molecule has 0 saturated carbocycles. The summed E-state index contributed by atoms with van der Waals surface area (Å²) >= 11 is 0. The molecule has 0 saturated heterocycles. The maximum Gasteiger partial charge on any atom is 0.328 e. The van der Waals surface area contributed by atoms with Crippen LogP contribution in [0.5, 0.6) is 0 Å². The molecule has 22 heavy (non-hydrogen) atoms. The first-order valence-electron chi connectivity index (χ1n) is 6.37. The summed E-state index contributed by atoms with van der Waals surface area (Å²) in [5, 5.41) is 25.0. The fourth-order valence-corrected chi connectivity index (χ4v) is 1.31. The van der Waals surface area contributed by atoms with E-state index in [9.17, 15) is 14.4 Å². The highest BCUT2D eigenvalue weighted by Gasteiger charge is 2.29. The Kier molecular flexibility index (Phi) is 7.78. The topological polar surface area (TPSA) is 164 Å². The Morgan fingerprint density at radius 3 is 2.00 bits per heavy atom. The zero-order chi connectivity index (χ0) is 17.3. The number of hydrogen-bond donors (Lipinski definition) is 5. The van der Waals surface area contributed by atoms with Gasteiger partial charge in [0.25, 0.3) is 0 Å². The minimum atomic E-state index is -1.29. The van der Waals surface area contributed by atoms with Crippen LogP contribution in [0.2, 0.25) is 0 Å². The summed E-state index contributed by atoms with van der Waals surface area (Å²) in [5.74, 6) is -3.22. The Labute approximate surface area is 127 Å². The molecule has 0 spiro atoms. The number of aliphatic carboxylic acids is 3. The van der Waals surface area contributed by atoms with Crippen LogP contribution in [0, 0.1) is 0 Å². The molecular weight excluding hydrogens is 292 g/mol. The first-order valence-corrected chi connectivity index (χ1v) is 6.37. The molecular formula is C14H20N2O6. The third kappa shape index (κ3) is 6.82. The molecule has 1 aromatic carbocycles. The Balaban J connectivity index is 0.000000409. The van der Waals surface area contributed by atoms with Gasteiger partial charge in [0.05, 0.1) is 0 Å².